The zero-order valence-corrected chi connectivity index (χ0v) is 11.7. The first-order valence-electron chi connectivity index (χ1n) is 6.12. The molecule has 0 aliphatic carbocycles. The van der Waals surface area contributed by atoms with Gasteiger partial charge in [-0.3, -0.25) is 14.9 Å². The number of nitrogens with one attached hydrogen (secondary N) is 2. The monoisotopic (exact) mass is 314 g/mol. The van der Waals surface area contributed by atoms with Crippen molar-refractivity contribution >= 4 is 27.3 Å². The number of nitro groups is 1. The molecule has 114 valence electrons. The van der Waals surface area contributed by atoms with Crippen LogP contribution < -0.4 is 15.8 Å². The summed E-state index contributed by atoms with van der Waals surface area (Å²) < 4.78 is 26.5. The quantitative estimate of drug-likeness (QED) is 0.388. The standard InChI is InChI=1S/C11H14N4O5S/c12-9-3-2-8(5-10(9)15(17)18)21(19,20)13-6-7-1-4-11(16)14-7/h2-3,5,7,13H,1,4,6,12H2,(H,14,16). The Balaban J connectivity index is 2.14. The van der Waals surface area contributed by atoms with Gasteiger partial charge in [0.15, 0.2) is 0 Å². The van der Waals surface area contributed by atoms with Crippen LogP contribution in [0.25, 0.3) is 0 Å². The topological polar surface area (TPSA) is 144 Å². The third-order valence-electron chi connectivity index (χ3n) is 3.11. The highest BCUT2D eigenvalue weighted by Crippen LogP contribution is 2.24. The first-order chi connectivity index (χ1) is 9.79. The highest BCUT2D eigenvalue weighted by molar-refractivity contribution is 7.89. The Labute approximate surface area is 120 Å². The van der Waals surface area contributed by atoms with Gasteiger partial charge in [0.1, 0.15) is 5.69 Å². The number of sulfonamides is 1. The molecule has 1 amide bonds. The van der Waals surface area contributed by atoms with Gasteiger partial charge in [0.05, 0.1) is 9.82 Å². The van der Waals surface area contributed by atoms with Gasteiger partial charge in [-0.15, -0.1) is 0 Å². The van der Waals surface area contributed by atoms with Crippen molar-refractivity contribution in [3.8, 4) is 0 Å². The molecule has 1 aromatic rings. The van der Waals surface area contributed by atoms with Crippen LogP contribution in [0.1, 0.15) is 12.8 Å². The molecule has 21 heavy (non-hydrogen) atoms. The zero-order valence-electron chi connectivity index (χ0n) is 10.9. The Morgan fingerprint density at radius 1 is 1.48 bits per heavy atom. The maximum Gasteiger partial charge on any atom is 0.293 e. The number of nitro benzene ring substituents is 1. The van der Waals surface area contributed by atoms with E-state index in [4.69, 9.17) is 5.73 Å². The fourth-order valence-corrected chi connectivity index (χ4v) is 3.07. The van der Waals surface area contributed by atoms with Crippen molar-refractivity contribution in [2.45, 2.75) is 23.8 Å². The molecular weight excluding hydrogens is 300 g/mol. The summed E-state index contributed by atoms with van der Waals surface area (Å²) >= 11 is 0. The summed E-state index contributed by atoms with van der Waals surface area (Å²) in [4.78, 5) is 20.8. The molecular formula is C11H14N4O5S. The molecule has 0 aromatic heterocycles. The molecule has 1 heterocycles. The molecule has 1 unspecified atom stereocenters. The smallest absolute Gasteiger partial charge is 0.293 e. The summed E-state index contributed by atoms with van der Waals surface area (Å²) in [6, 6.07) is 3.00. The van der Waals surface area contributed by atoms with Crippen LogP contribution in [0.15, 0.2) is 23.1 Å². The Kier molecular flexibility index (Phi) is 4.09. The lowest BCUT2D eigenvalue weighted by atomic mass is 10.2. The highest BCUT2D eigenvalue weighted by atomic mass is 32.2. The minimum Gasteiger partial charge on any atom is -0.393 e. The van der Waals surface area contributed by atoms with Crippen molar-refractivity contribution in [2.24, 2.45) is 0 Å². The molecule has 0 saturated carbocycles. The number of hydrogen-bond acceptors (Lipinski definition) is 6. The molecule has 1 aromatic carbocycles. The maximum atomic E-state index is 12.1. The number of amides is 1. The van der Waals surface area contributed by atoms with Crippen molar-refractivity contribution in [3.05, 3.63) is 28.3 Å². The molecule has 1 fully saturated rings. The van der Waals surface area contributed by atoms with Gasteiger partial charge in [-0.25, -0.2) is 13.1 Å². The van der Waals surface area contributed by atoms with E-state index in [1.165, 1.54) is 12.1 Å². The van der Waals surface area contributed by atoms with Gasteiger partial charge in [-0.1, -0.05) is 0 Å². The highest BCUT2D eigenvalue weighted by Gasteiger charge is 2.24. The van der Waals surface area contributed by atoms with Gasteiger partial charge in [0.25, 0.3) is 5.69 Å². The molecule has 1 saturated heterocycles. The van der Waals surface area contributed by atoms with Crippen LogP contribution in [0.2, 0.25) is 0 Å². The second-order valence-corrected chi connectivity index (χ2v) is 6.40. The van der Waals surface area contributed by atoms with Crippen LogP contribution >= 0.6 is 0 Å². The third-order valence-corrected chi connectivity index (χ3v) is 4.53. The van der Waals surface area contributed by atoms with Crippen molar-refractivity contribution < 1.29 is 18.1 Å². The van der Waals surface area contributed by atoms with E-state index < -0.39 is 20.6 Å². The number of nitrogen functional groups attached to an aromatic ring is 1. The average Bonchev–Trinajstić information content (AvgIpc) is 2.82. The molecule has 1 aliphatic heterocycles. The number of anilines is 1. The van der Waals surface area contributed by atoms with Gasteiger partial charge >= 0.3 is 0 Å². The molecule has 4 N–H and O–H groups in total. The van der Waals surface area contributed by atoms with Gasteiger partial charge in [-0.05, 0) is 18.6 Å². The lowest BCUT2D eigenvalue weighted by molar-refractivity contribution is -0.384. The van der Waals surface area contributed by atoms with Gasteiger partial charge in [-0.2, -0.15) is 0 Å². The van der Waals surface area contributed by atoms with Crippen LogP contribution in [0.5, 0.6) is 0 Å². The van der Waals surface area contributed by atoms with Crippen molar-refractivity contribution in [3.63, 3.8) is 0 Å². The number of hydrogen-bond donors (Lipinski definition) is 3. The second-order valence-electron chi connectivity index (χ2n) is 4.63. The van der Waals surface area contributed by atoms with E-state index in [-0.39, 0.29) is 29.1 Å². The van der Waals surface area contributed by atoms with E-state index in [0.717, 1.165) is 6.07 Å². The first-order valence-corrected chi connectivity index (χ1v) is 7.61. The minimum absolute atomic E-state index is 0.0340. The molecule has 1 atom stereocenters. The van der Waals surface area contributed by atoms with Gasteiger partial charge < -0.3 is 11.1 Å². The number of carbonyl (C=O) groups excluding carboxylic acids is 1. The SMILES string of the molecule is Nc1ccc(S(=O)(=O)NCC2CCC(=O)N2)cc1[N+](=O)[O-]. The fourth-order valence-electron chi connectivity index (χ4n) is 1.97. The van der Waals surface area contributed by atoms with E-state index in [0.29, 0.717) is 12.8 Å². The maximum absolute atomic E-state index is 12.1. The van der Waals surface area contributed by atoms with Crippen molar-refractivity contribution in [1.29, 1.82) is 0 Å². The largest absolute Gasteiger partial charge is 0.393 e. The molecule has 10 heteroatoms. The van der Waals surface area contributed by atoms with E-state index >= 15 is 0 Å². The molecule has 0 spiro atoms. The zero-order chi connectivity index (χ0) is 15.6. The third kappa shape index (κ3) is 3.47. The van der Waals surface area contributed by atoms with Crippen molar-refractivity contribution in [2.75, 3.05) is 12.3 Å². The Hall–Kier alpha value is -2.20. The van der Waals surface area contributed by atoms with Crippen LogP contribution in [-0.4, -0.2) is 31.8 Å². The Bertz CT molecular complexity index is 688. The summed E-state index contributed by atoms with van der Waals surface area (Å²) in [6.07, 6.45) is 0.906. The number of nitrogens with two attached hydrogens (primary N) is 1. The number of carbonyl (C=O) groups is 1. The van der Waals surface area contributed by atoms with Crippen LogP contribution in [0, 0.1) is 10.1 Å². The van der Waals surface area contributed by atoms with Gasteiger partial charge in [0, 0.05) is 25.1 Å². The normalized spacial score (nSPS) is 18.5. The minimum atomic E-state index is -3.90. The summed E-state index contributed by atoms with van der Waals surface area (Å²) in [5.74, 6) is -0.123. The molecule has 0 bridgehead atoms. The summed E-state index contributed by atoms with van der Waals surface area (Å²) in [6.45, 7) is 0.0340. The lowest BCUT2D eigenvalue weighted by Gasteiger charge is -2.12. The predicted octanol–water partition coefficient (Wildman–Crippen LogP) is -0.266. The summed E-state index contributed by atoms with van der Waals surface area (Å²) in [5, 5.41) is 13.4. The van der Waals surface area contributed by atoms with E-state index in [9.17, 15) is 23.3 Å². The fraction of sp³-hybridized carbons (Fsp3) is 0.364. The van der Waals surface area contributed by atoms with E-state index in [1.807, 2.05) is 0 Å². The number of nitrogens with zero attached hydrogens (tertiary/aromatic N) is 1. The molecule has 9 nitrogen and oxygen atoms in total. The average molecular weight is 314 g/mol. The van der Waals surface area contributed by atoms with Gasteiger partial charge in [0.2, 0.25) is 15.9 Å². The molecule has 2 rings (SSSR count). The first kappa shape index (κ1) is 15.2. The lowest BCUT2D eigenvalue weighted by Crippen LogP contribution is -2.38. The molecule has 1 aliphatic rings. The predicted molar refractivity (Wildman–Crippen MR) is 73.9 cm³/mol. The van der Waals surface area contributed by atoms with Crippen LogP contribution in [-0.2, 0) is 14.8 Å². The molecule has 0 radical (unpaired) electrons. The van der Waals surface area contributed by atoms with Crippen LogP contribution in [0.3, 0.4) is 0 Å². The Morgan fingerprint density at radius 2 is 2.19 bits per heavy atom. The Morgan fingerprint density at radius 3 is 2.76 bits per heavy atom. The van der Waals surface area contributed by atoms with E-state index in [2.05, 4.69) is 10.0 Å². The van der Waals surface area contributed by atoms with Crippen molar-refractivity contribution in [1.82, 2.24) is 10.0 Å². The number of benzene rings is 1. The summed E-state index contributed by atoms with van der Waals surface area (Å²) in [5.41, 5.74) is 4.84. The second kappa shape index (κ2) is 5.66. The van der Waals surface area contributed by atoms with Crippen LogP contribution in [0.4, 0.5) is 11.4 Å². The van der Waals surface area contributed by atoms with E-state index in [1.54, 1.807) is 0 Å². The number of rotatable bonds is 5. The summed E-state index contributed by atoms with van der Waals surface area (Å²) in [7, 11) is -3.90.